The Balaban J connectivity index is 1.37. The normalized spacial score (nSPS) is 12.1. The van der Waals surface area contributed by atoms with Gasteiger partial charge in [-0.2, -0.15) is 0 Å². The summed E-state index contributed by atoms with van der Waals surface area (Å²) in [6.45, 7) is 13.9. The van der Waals surface area contributed by atoms with E-state index in [1.165, 1.54) is 44.2 Å². The van der Waals surface area contributed by atoms with Crippen molar-refractivity contribution in [2.45, 2.75) is 52.4 Å². The zero-order valence-electron chi connectivity index (χ0n) is 33.1. The minimum atomic E-state index is -0.0259. The lowest BCUT2D eigenvalue weighted by Crippen LogP contribution is -2.17. The van der Waals surface area contributed by atoms with Crippen molar-refractivity contribution in [1.29, 1.82) is 0 Å². The predicted octanol–water partition coefficient (Wildman–Crippen LogP) is 15.8. The molecule has 0 aliphatic heterocycles. The van der Waals surface area contributed by atoms with Crippen molar-refractivity contribution in [1.82, 2.24) is 0 Å². The third kappa shape index (κ3) is 6.26. The smallest absolute Gasteiger partial charge is 0.159 e. The summed E-state index contributed by atoms with van der Waals surface area (Å²) in [5.41, 5.74) is 14.6. The van der Waals surface area contributed by atoms with Gasteiger partial charge in [-0.15, -0.1) is 0 Å². The van der Waals surface area contributed by atoms with E-state index in [-0.39, 0.29) is 10.8 Å². The Morgan fingerprint density at radius 1 is 0.393 bits per heavy atom. The zero-order chi connectivity index (χ0) is 38.6. The predicted molar refractivity (Wildman–Crippen MR) is 240 cm³/mol. The van der Waals surface area contributed by atoms with E-state index in [2.05, 4.69) is 216 Å². The van der Waals surface area contributed by atoms with E-state index in [4.69, 9.17) is 4.42 Å². The minimum Gasteiger partial charge on any atom is -0.454 e. The molecule has 9 aromatic rings. The van der Waals surface area contributed by atoms with E-state index in [0.29, 0.717) is 0 Å². The van der Waals surface area contributed by atoms with E-state index >= 15 is 0 Å². The van der Waals surface area contributed by atoms with Gasteiger partial charge in [-0.05, 0) is 79.2 Å². The lowest BCUT2D eigenvalue weighted by Gasteiger charge is -2.31. The van der Waals surface area contributed by atoms with Gasteiger partial charge in [0.15, 0.2) is 5.58 Å². The number of fused-ring (bicyclic) bond motifs is 4. The number of rotatable bonds is 6. The third-order valence-electron chi connectivity index (χ3n) is 11.2. The average molecular weight is 726 g/mol. The summed E-state index contributed by atoms with van der Waals surface area (Å²) in [5, 5.41) is 4.65. The van der Waals surface area contributed by atoms with Crippen molar-refractivity contribution in [3.8, 4) is 33.4 Å². The van der Waals surface area contributed by atoms with Gasteiger partial charge < -0.3 is 9.32 Å². The van der Waals surface area contributed by atoms with Crippen LogP contribution >= 0.6 is 0 Å². The molecule has 0 spiro atoms. The fourth-order valence-electron chi connectivity index (χ4n) is 8.18. The van der Waals surface area contributed by atoms with Crippen molar-refractivity contribution in [2.24, 2.45) is 0 Å². The first-order valence-corrected chi connectivity index (χ1v) is 19.7. The second kappa shape index (κ2) is 13.7. The van der Waals surface area contributed by atoms with Crippen molar-refractivity contribution in [2.75, 3.05) is 4.90 Å². The highest BCUT2D eigenvalue weighted by atomic mass is 16.3. The van der Waals surface area contributed by atoms with Crippen LogP contribution in [0, 0.1) is 0 Å². The van der Waals surface area contributed by atoms with E-state index in [0.717, 1.165) is 50.1 Å². The van der Waals surface area contributed by atoms with Gasteiger partial charge in [0.25, 0.3) is 0 Å². The maximum Gasteiger partial charge on any atom is 0.159 e. The van der Waals surface area contributed by atoms with Gasteiger partial charge in [0.1, 0.15) is 5.58 Å². The second-order valence-corrected chi connectivity index (χ2v) is 17.0. The average Bonchev–Trinajstić information content (AvgIpc) is 3.60. The van der Waals surface area contributed by atoms with Crippen LogP contribution in [0.3, 0.4) is 0 Å². The fourth-order valence-corrected chi connectivity index (χ4v) is 8.18. The summed E-state index contributed by atoms with van der Waals surface area (Å²) in [6.07, 6.45) is 0. The minimum absolute atomic E-state index is 0.0259. The highest BCUT2D eigenvalue weighted by Gasteiger charge is 2.27. The van der Waals surface area contributed by atoms with Crippen LogP contribution < -0.4 is 4.90 Å². The van der Waals surface area contributed by atoms with Crippen LogP contribution in [0.1, 0.15) is 52.7 Å². The molecule has 1 aromatic heterocycles. The molecule has 0 N–H and O–H groups in total. The summed E-state index contributed by atoms with van der Waals surface area (Å²) >= 11 is 0. The lowest BCUT2D eigenvalue weighted by atomic mass is 9.78. The molecule has 0 saturated carbocycles. The highest BCUT2D eigenvalue weighted by Crippen LogP contribution is 2.50. The van der Waals surface area contributed by atoms with E-state index in [9.17, 15) is 0 Å². The molecule has 1 heterocycles. The van der Waals surface area contributed by atoms with Crippen LogP contribution in [0.25, 0.3) is 66.1 Å². The first-order chi connectivity index (χ1) is 27.1. The second-order valence-electron chi connectivity index (χ2n) is 17.0. The van der Waals surface area contributed by atoms with Crippen molar-refractivity contribution >= 4 is 49.8 Å². The highest BCUT2D eigenvalue weighted by molar-refractivity contribution is 6.13. The van der Waals surface area contributed by atoms with Crippen LogP contribution in [-0.2, 0) is 10.8 Å². The molecule has 0 fully saturated rings. The molecular formula is C54H47NO. The zero-order valence-corrected chi connectivity index (χ0v) is 33.1. The Morgan fingerprint density at radius 2 is 0.911 bits per heavy atom. The standard InChI is InChI=1S/C54H47NO/c1-53(2,3)39-33-38(34-40(35-39)54(4,5)6)41-23-10-13-29-47(41)55(49-31-18-28-46-44-25-12-15-32-50(44)56-52(46)49)48-30-14-11-24-43(48)45-27-17-22-37-21-16-26-42(51(37)45)36-19-8-7-9-20-36/h7-35H,1-6H3. The lowest BCUT2D eigenvalue weighted by molar-refractivity contribution is 0.569. The van der Waals surface area contributed by atoms with Crippen molar-refractivity contribution in [3.05, 3.63) is 187 Å². The molecule has 2 heteroatoms. The van der Waals surface area contributed by atoms with Crippen molar-refractivity contribution < 1.29 is 4.42 Å². The molecule has 8 aromatic carbocycles. The van der Waals surface area contributed by atoms with Crippen LogP contribution in [0.5, 0.6) is 0 Å². The quantitative estimate of drug-likeness (QED) is 0.170. The summed E-state index contributed by atoms with van der Waals surface area (Å²) in [4.78, 5) is 2.44. The van der Waals surface area contributed by atoms with Gasteiger partial charge in [-0.1, -0.05) is 193 Å². The Labute approximate surface area is 330 Å². The molecule has 0 amide bonds. The van der Waals surface area contributed by atoms with Crippen molar-refractivity contribution in [3.63, 3.8) is 0 Å². The van der Waals surface area contributed by atoms with Gasteiger partial charge in [0.2, 0.25) is 0 Å². The molecular weight excluding hydrogens is 679 g/mol. The molecule has 0 atom stereocenters. The van der Waals surface area contributed by atoms with E-state index in [1.54, 1.807) is 0 Å². The van der Waals surface area contributed by atoms with E-state index in [1.807, 2.05) is 6.07 Å². The molecule has 2 nitrogen and oxygen atoms in total. The summed E-state index contributed by atoms with van der Waals surface area (Å²) in [7, 11) is 0. The molecule has 0 radical (unpaired) electrons. The van der Waals surface area contributed by atoms with Gasteiger partial charge >= 0.3 is 0 Å². The van der Waals surface area contributed by atoms with Gasteiger partial charge in [0, 0.05) is 21.9 Å². The first-order valence-electron chi connectivity index (χ1n) is 19.7. The van der Waals surface area contributed by atoms with Crippen LogP contribution in [0.2, 0.25) is 0 Å². The topological polar surface area (TPSA) is 16.4 Å². The number of nitrogens with zero attached hydrogens (tertiary/aromatic N) is 1. The number of para-hydroxylation sites is 4. The number of hydrogen-bond acceptors (Lipinski definition) is 2. The maximum atomic E-state index is 6.83. The fraction of sp³-hybridized carbons (Fsp3) is 0.148. The number of furan rings is 1. The van der Waals surface area contributed by atoms with E-state index < -0.39 is 0 Å². The Kier molecular flexibility index (Phi) is 8.66. The van der Waals surface area contributed by atoms with Gasteiger partial charge in [0.05, 0.1) is 17.1 Å². The molecule has 0 bridgehead atoms. The Morgan fingerprint density at radius 3 is 1.61 bits per heavy atom. The summed E-state index contributed by atoms with van der Waals surface area (Å²) < 4.78 is 6.83. The molecule has 0 aliphatic rings. The largest absolute Gasteiger partial charge is 0.454 e. The number of anilines is 3. The van der Waals surface area contributed by atoms with Gasteiger partial charge in [-0.3, -0.25) is 0 Å². The third-order valence-corrected chi connectivity index (χ3v) is 11.2. The molecule has 0 unspecified atom stereocenters. The van der Waals surface area contributed by atoms with Crippen LogP contribution in [-0.4, -0.2) is 0 Å². The Bertz CT molecular complexity index is 2840. The summed E-state index contributed by atoms with van der Waals surface area (Å²) in [5.74, 6) is 0. The SMILES string of the molecule is CC(C)(C)c1cc(-c2ccccc2N(c2ccccc2-c2cccc3cccc(-c4ccccc4)c23)c2cccc3c2oc2ccccc23)cc(C(C)(C)C)c1. The van der Waals surface area contributed by atoms with Crippen LogP contribution in [0.4, 0.5) is 17.1 Å². The maximum absolute atomic E-state index is 6.83. The number of benzene rings is 8. The molecule has 0 aliphatic carbocycles. The molecule has 274 valence electrons. The number of hydrogen-bond donors (Lipinski definition) is 0. The first kappa shape index (κ1) is 35.3. The van der Waals surface area contributed by atoms with Crippen LogP contribution in [0.15, 0.2) is 180 Å². The molecule has 0 saturated heterocycles. The molecule has 56 heavy (non-hydrogen) atoms. The Hall–Kier alpha value is -6.38. The van der Waals surface area contributed by atoms with Gasteiger partial charge in [-0.25, -0.2) is 0 Å². The summed E-state index contributed by atoms with van der Waals surface area (Å²) in [6, 6.07) is 64.0. The molecule has 9 rings (SSSR count). The monoisotopic (exact) mass is 725 g/mol.